The molecule has 1 heterocycles. The number of furan rings is 1. The smallest absolute Gasteiger partial charge is 0.246 e. The van der Waals surface area contributed by atoms with Crippen LogP contribution in [0.25, 0.3) is 0 Å². The highest BCUT2D eigenvalue weighted by Crippen LogP contribution is 2.23. The van der Waals surface area contributed by atoms with Crippen LogP contribution in [0.5, 0.6) is 0 Å². The third-order valence-corrected chi connectivity index (χ3v) is 5.67. The molecule has 0 aromatic carbocycles. The van der Waals surface area contributed by atoms with E-state index in [2.05, 4.69) is 0 Å². The van der Waals surface area contributed by atoms with Gasteiger partial charge in [-0.2, -0.15) is 4.31 Å². The summed E-state index contributed by atoms with van der Waals surface area (Å²) in [6.45, 7) is 1.41. The molecule has 0 spiro atoms. The van der Waals surface area contributed by atoms with E-state index < -0.39 is 19.9 Å². The number of halogens is 1. The van der Waals surface area contributed by atoms with Gasteiger partial charge >= 0.3 is 0 Å². The van der Waals surface area contributed by atoms with Crippen molar-refractivity contribution in [3.05, 3.63) is 17.6 Å². The van der Waals surface area contributed by atoms with Gasteiger partial charge in [0.2, 0.25) is 10.0 Å². The maximum atomic E-state index is 12.2. The van der Waals surface area contributed by atoms with E-state index in [0.717, 1.165) is 10.6 Å². The molecule has 9 heteroatoms. The molecule has 0 radical (unpaired) electrons. The molecule has 110 valence electrons. The Kier molecular flexibility index (Phi) is 5.05. The number of sulfonamides is 1. The van der Waals surface area contributed by atoms with Gasteiger partial charge in [-0.3, -0.25) is 0 Å². The molecule has 0 unspecified atom stereocenters. The van der Waals surface area contributed by atoms with Crippen molar-refractivity contribution in [2.45, 2.75) is 17.7 Å². The van der Waals surface area contributed by atoms with E-state index in [4.69, 9.17) is 16.0 Å². The second-order valence-corrected chi connectivity index (χ2v) is 8.76. The standard InChI is InChI=1S/C10H16ClNO5S2/c1-8-10(6-9(7-11)17-8)19(15,16)12(2)4-5-18(3,13)14/h6H,4-5,7H2,1-3H3. The zero-order valence-corrected chi connectivity index (χ0v) is 13.3. The van der Waals surface area contributed by atoms with Crippen LogP contribution in [0.15, 0.2) is 15.4 Å². The molecular formula is C10H16ClNO5S2. The van der Waals surface area contributed by atoms with Gasteiger partial charge < -0.3 is 4.42 Å². The molecule has 0 aliphatic carbocycles. The summed E-state index contributed by atoms with van der Waals surface area (Å²) >= 11 is 5.58. The molecule has 1 rings (SSSR count). The summed E-state index contributed by atoms with van der Waals surface area (Å²) < 4.78 is 52.8. The molecule has 1 aromatic heterocycles. The van der Waals surface area contributed by atoms with Crippen LogP contribution in [0.1, 0.15) is 11.5 Å². The average molecular weight is 330 g/mol. The van der Waals surface area contributed by atoms with Crippen molar-refractivity contribution < 1.29 is 21.3 Å². The van der Waals surface area contributed by atoms with Gasteiger partial charge in [0, 0.05) is 25.9 Å². The number of hydrogen-bond donors (Lipinski definition) is 0. The lowest BCUT2D eigenvalue weighted by Gasteiger charge is -2.15. The second kappa shape index (κ2) is 5.82. The zero-order chi connectivity index (χ0) is 14.8. The third-order valence-electron chi connectivity index (χ3n) is 2.52. The molecule has 0 saturated heterocycles. The Morgan fingerprint density at radius 2 is 1.89 bits per heavy atom. The Morgan fingerprint density at radius 1 is 1.32 bits per heavy atom. The minimum absolute atomic E-state index is 0.0131. The van der Waals surface area contributed by atoms with Gasteiger partial charge in [-0.1, -0.05) is 0 Å². The number of hydrogen-bond acceptors (Lipinski definition) is 5. The maximum absolute atomic E-state index is 12.2. The molecule has 0 bridgehead atoms. The first-order chi connectivity index (χ1) is 8.58. The molecule has 1 aromatic rings. The Labute approximate surface area is 118 Å². The summed E-state index contributed by atoms with van der Waals surface area (Å²) in [5, 5.41) is 0. The number of aryl methyl sites for hydroxylation is 1. The molecule has 0 aliphatic rings. The summed E-state index contributed by atoms with van der Waals surface area (Å²) in [7, 11) is -5.66. The fourth-order valence-electron chi connectivity index (χ4n) is 1.43. The van der Waals surface area contributed by atoms with E-state index in [-0.39, 0.29) is 28.8 Å². The predicted molar refractivity (Wildman–Crippen MR) is 72.5 cm³/mol. The normalized spacial score (nSPS) is 13.1. The summed E-state index contributed by atoms with van der Waals surface area (Å²) in [5.74, 6) is 0.432. The Balaban J connectivity index is 2.99. The fraction of sp³-hybridized carbons (Fsp3) is 0.600. The SMILES string of the molecule is Cc1oc(CCl)cc1S(=O)(=O)N(C)CCS(C)(=O)=O. The number of nitrogens with zero attached hydrogens (tertiary/aromatic N) is 1. The molecule has 0 atom stereocenters. The molecule has 0 aliphatic heterocycles. The van der Waals surface area contributed by atoms with Gasteiger partial charge in [0.1, 0.15) is 26.3 Å². The summed E-state index contributed by atoms with van der Waals surface area (Å²) in [5.41, 5.74) is 0. The first-order valence-corrected chi connectivity index (χ1v) is 9.41. The van der Waals surface area contributed by atoms with Crippen LogP contribution < -0.4 is 0 Å². The largest absolute Gasteiger partial charge is 0.464 e. The van der Waals surface area contributed by atoms with Crippen molar-refractivity contribution in [3.63, 3.8) is 0 Å². The molecule has 0 amide bonds. The van der Waals surface area contributed by atoms with Crippen LogP contribution >= 0.6 is 11.6 Å². The second-order valence-electron chi connectivity index (χ2n) is 4.22. The van der Waals surface area contributed by atoms with E-state index in [9.17, 15) is 16.8 Å². The topological polar surface area (TPSA) is 84.7 Å². The predicted octanol–water partition coefficient (Wildman–Crippen LogP) is 0.992. The van der Waals surface area contributed by atoms with Crippen molar-refractivity contribution in [2.75, 3.05) is 25.6 Å². The number of sulfone groups is 1. The molecule has 0 N–H and O–H groups in total. The van der Waals surface area contributed by atoms with E-state index in [1.807, 2.05) is 0 Å². The molecular weight excluding hydrogens is 314 g/mol. The van der Waals surface area contributed by atoms with Crippen LogP contribution in [0.2, 0.25) is 0 Å². The van der Waals surface area contributed by atoms with Crippen molar-refractivity contribution in [1.29, 1.82) is 0 Å². The van der Waals surface area contributed by atoms with E-state index in [0.29, 0.717) is 5.76 Å². The van der Waals surface area contributed by atoms with Crippen LogP contribution in [-0.4, -0.2) is 46.7 Å². The molecule has 19 heavy (non-hydrogen) atoms. The van der Waals surface area contributed by atoms with Crippen LogP contribution in [-0.2, 0) is 25.7 Å². The molecule has 6 nitrogen and oxygen atoms in total. The Bertz CT molecular complexity index is 647. The van der Waals surface area contributed by atoms with Gasteiger partial charge in [0.15, 0.2) is 0 Å². The zero-order valence-electron chi connectivity index (χ0n) is 10.9. The number of rotatable bonds is 6. The highest BCUT2D eigenvalue weighted by atomic mass is 35.5. The minimum atomic E-state index is -3.76. The summed E-state index contributed by atoms with van der Waals surface area (Å²) in [6.07, 6.45) is 1.06. The average Bonchev–Trinajstić information content (AvgIpc) is 2.67. The lowest BCUT2D eigenvalue weighted by Crippen LogP contribution is -2.31. The van der Waals surface area contributed by atoms with Crippen LogP contribution in [0.4, 0.5) is 0 Å². The van der Waals surface area contributed by atoms with Crippen molar-refractivity contribution in [1.82, 2.24) is 4.31 Å². The lowest BCUT2D eigenvalue weighted by atomic mass is 10.4. The first-order valence-electron chi connectivity index (χ1n) is 5.37. The Hall–Kier alpha value is -0.570. The van der Waals surface area contributed by atoms with Gasteiger partial charge in [0.25, 0.3) is 0 Å². The van der Waals surface area contributed by atoms with Gasteiger partial charge in [-0.15, -0.1) is 11.6 Å². The molecule has 0 fully saturated rings. The fourth-order valence-corrected chi connectivity index (χ4v) is 3.63. The monoisotopic (exact) mass is 329 g/mol. The number of alkyl halides is 1. The van der Waals surface area contributed by atoms with Crippen molar-refractivity contribution in [2.24, 2.45) is 0 Å². The van der Waals surface area contributed by atoms with Gasteiger partial charge in [-0.05, 0) is 6.92 Å². The third kappa shape index (κ3) is 4.20. The highest BCUT2D eigenvalue weighted by Gasteiger charge is 2.26. The van der Waals surface area contributed by atoms with E-state index >= 15 is 0 Å². The molecule has 0 saturated carbocycles. The Morgan fingerprint density at radius 3 is 2.32 bits per heavy atom. The summed E-state index contributed by atoms with van der Waals surface area (Å²) in [4.78, 5) is 0.0131. The van der Waals surface area contributed by atoms with Crippen molar-refractivity contribution in [3.8, 4) is 0 Å². The quantitative estimate of drug-likeness (QED) is 0.727. The van der Waals surface area contributed by atoms with E-state index in [1.54, 1.807) is 0 Å². The van der Waals surface area contributed by atoms with Crippen LogP contribution in [0, 0.1) is 6.92 Å². The lowest BCUT2D eigenvalue weighted by molar-refractivity contribution is 0.472. The first kappa shape index (κ1) is 16.5. The van der Waals surface area contributed by atoms with E-state index in [1.165, 1.54) is 20.0 Å². The van der Waals surface area contributed by atoms with Crippen LogP contribution in [0.3, 0.4) is 0 Å². The highest BCUT2D eigenvalue weighted by molar-refractivity contribution is 7.91. The minimum Gasteiger partial charge on any atom is -0.464 e. The van der Waals surface area contributed by atoms with Crippen molar-refractivity contribution >= 4 is 31.5 Å². The van der Waals surface area contributed by atoms with Gasteiger partial charge in [-0.25, -0.2) is 16.8 Å². The van der Waals surface area contributed by atoms with Gasteiger partial charge in [0.05, 0.1) is 11.6 Å². The maximum Gasteiger partial charge on any atom is 0.246 e. The summed E-state index contributed by atoms with van der Waals surface area (Å²) in [6, 6.07) is 1.36.